The SMILES string of the molecule is CC(C)(C)[C@H](Cn1ccnc1)NC(=O)COC[C@@H]1CCCO1. The zero-order valence-electron chi connectivity index (χ0n) is 13.7. The van der Waals surface area contributed by atoms with Crippen molar-refractivity contribution in [3.63, 3.8) is 0 Å². The van der Waals surface area contributed by atoms with Gasteiger partial charge in [0.25, 0.3) is 0 Å². The molecule has 2 rings (SSSR count). The fourth-order valence-corrected chi connectivity index (χ4v) is 2.44. The van der Waals surface area contributed by atoms with Crippen LogP contribution in [0.2, 0.25) is 0 Å². The summed E-state index contributed by atoms with van der Waals surface area (Å²) in [5.74, 6) is -0.0852. The fourth-order valence-electron chi connectivity index (χ4n) is 2.44. The first-order valence-electron chi connectivity index (χ1n) is 7.89. The Morgan fingerprint density at radius 1 is 1.55 bits per heavy atom. The molecule has 0 aromatic carbocycles. The van der Waals surface area contributed by atoms with E-state index in [9.17, 15) is 4.79 Å². The van der Waals surface area contributed by atoms with Crippen LogP contribution in [0.4, 0.5) is 0 Å². The van der Waals surface area contributed by atoms with E-state index in [-0.39, 0.29) is 30.1 Å². The molecule has 0 aliphatic carbocycles. The first-order valence-corrected chi connectivity index (χ1v) is 7.89. The van der Waals surface area contributed by atoms with Crippen LogP contribution in [0.5, 0.6) is 0 Å². The number of ether oxygens (including phenoxy) is 2. The number of hydrogen-bond donors (Lipinski definition) is 1. The largest absolute Gasteiger partial charge is 0.376 e. The molecule has 1 N–H and O–H groups in total. The van der Waals surface area contributed by atoms with Crippen molar-refractivity contribution in [2.24, 2.45) is 5.41 Å². The van der Waals surface area contributed by atoms with Gasteiger partial charge in [-0.2, -0.15) is 0 Å². The second-order valence-electron chi connectivity index (χ2n) is 6.90. The second kappa shape index (κ2) is 7.74. The fraction of sp³-hybridized carbons (Fsp3) is 0.750. The number of hydrogen-bond acceptors (Lipinski definition) is 4. The molecule has 2 atom stereocenters. The van der Waals surface area contributed by atoms with Crippen molar-refractivity contribution < 1.29 is 14.3 Å². The summed E-state index contributed by atoms with van der Waals surface area (Å²) < 4.78 is 12.9. The Hall–Kier alpha value is -1.40. The molecule has 6 nitrogen and oxygen atoms in total. The summed E-state index contributed by atoms with van der Waals surface area (Å²) >= 11 is 0. The van der Waals surface area contributed by atoms with Gasteiger partial charge in [-0.25, -0.2) is 4.98 Å². The number of nitrogens with one attached hydrogen (secondary N) is 1. The molecule has 22 heavy (non-hydrogen) atoms. The maximum Gasteiger partial charge on any atom is 0.246 e. The standard InChI is InChI=1S/C16H27N3O3/c1-16(2,3)14(9-19-7-6-17-12-19)18-15(20)11-21-10-13-5-4-8-22-13/h6-7,12-14H,4-5,8-11H2,1-3H3,(H,18,20)/t13-,14-/m0/s1. The Bertz CT molecular complexity index is 448. The Morgan fingerprint density at radius 2 is 2.36 bits per heavy atom. The first kappa shape index (κ1) is 17.0. The molecule has 1 aromatic heterocycles. The number of rotatable bonds is 7. The number of imidazole rings is 1. The molecular formula is C16H27N3O3. The molecule has 0 unspecified atom stereocenters. The van der Waals surface area contributed by atoms with Gasteiger partial charge < -0.3 is 19.4 Å². The molecule has 1 saturated heterocycles. The number of carbonyl (C=O) groups excluding carboxylic acids is 1. The highest BCUT2D eigenvalue weighted by Gasteiger charge is 2.26. The molecule has 0 radical (unpaired) electrons. The van der Waals surface area contributed by atoms with Gasteiger partial charge in [0.15, 0.2) is 0 Å². The molecule has 0 spiro atoms. The summed E-state index contributed by atoms with van der Waals surface area (Å²) in [7, 11) is 0. The average molecular weight is 309 g/mol. The van der Waals surface area contributed by atoms with E-state index in [4.69, 9.17) is 9.47 Å². The van der Waals surface area contributed by atoms with Gasteiger partial charge >= 0.3 is 0 Å². The van der Waals surface area contributed by atoms with Crippen molar-refractivity contribution in [2.75, 3.05) is 19.8 Å². The van der Waals surface area contributed by atoms with Crippen LogP contribution >= 0.6 is 0 Å². The van der Waals surface area contributed by atoms with Crippen molar-refractivity contribution >= 4 is 5.91 Å². The van der Waals surface area contributed by atoms with Gasteiger partial charge in [0.1, 0.15) is 6.61 Å². The van der Waals surface area contributed by atoms with Crippen LogP contribution in [-0.2, 0) is 20.8 Å². The van der Waals surface area contributed by atoms with E-state index in [0.29, 0.717) is 13.2 Å². The average Bonchev–Trinajstić information content (AvgIpc) is 3.09. The normalized spacial score (nSPS) is 20.0. The minimum atomic E-state index is -0.0852. The van der Waals surface area contributed by atoms with Gasteiger partial charge in [0.2, 0.25) is 5.91 Å². The molecule has 1 aliphatic heterocycles. The number of nitrogens with zero attached hydrogens (tertiary/aromatic N) is 2. The molecule has 1 aliphatic rings. The third-order valence-corrected chi connectivity index (χ3v) is 3.89. The minimum absolute atomic E-state index is 0.0144. The van der Waals surface area contributed by atoms with Crippen LogP contribution in [0.3, 0.4) is 0 Å². The molecule has 6 heteroatoms. The summed E-state index contributed by atoms with van der Waals surface area (Å²) in [6.45, 7) is 8.41. The Balaban J connectivity index is 1.77. The predicted molar refractivity (Wildman–Crippen MR) is 83.4 cm³/mol. The lowest BCUT2D eigenvalue weighted by molar-refractivity contribution is -0.128. The van der Waals surface area contributed by atoms with E-state index in [1.54, 1.807) is 12.5 Å². The summed E-state index contributed by atoms with van der Waals surface area (Å²) in [4.78, 5) is 16.1. The molecule has 1 amide bonds. The van der Waals surface area contributed by atoms with Crippen molar-refractivity contribution in [1.82, 2.24) is 14.9 Å². The zero-order chi connectivity index (χ0) is 16.0. The molecule has 2 heterocycles. The zero-order valence-corrected chi connectivity index (χ0v) is 13.7. The Kier molecular flexibility index (Phi) is 5.97. The van der Waals surface area contributed by atoms with Crippen LogP contribution in [0.15, 0.2) is 18.7 Å². The van der Waals surface area contributed by atoms with Crippen molar-refractivity contribution in [3.8, 4) is 0 Å². The summed E-state index contributed by atoms with van der Waals surface area (Å²) in [5.41, 5.74) is -0.0471. The monoisotopic (exact) mass is 309 g/mol. The molecule has 124 valence electrons. The molecule has 0 saturated carbocycles. The third-order valence-electron chi connectivity index (χ3n) is 3.89. The highest BCUT2D eigenvalue weighted by Crippen LogP contribution is 2.20. The van der Waals surface area contributed by atoms with Gasteiger partial charge in [0, 0.05) is 25.5 Å². The number of amides is 1. The van der Waals surface area contributed by atoms with Crippen LogP contribution < -0.4 is 5.32 Å². The molecule has 1 aromatic rings. The molecule has 0 bridgehead atoms. The maximum atomic E-state index is 12.1. The first-order chi connectivity index (χ1) is 10.4. The lowest BCUT2D eigenvalue weighted by atomic mass is 9.86. The minimum Gasteiger partial charge on any atom is -0.376 e. The van der Waals surface area contributed by atoms with Crippen LogP contribution in [-0.4, -0.2) is 47.4 Å². The van der Waals surface area contributed by atoms with Gasteiger partial charge in [-0.15, -0.1) is 0 Å². The van der Waals surface area contributed by atoms with Crippen LogP contribution in [0.1, 0.15) is 33.6 Å². The van der Waals surface area contributed by atoms with Crippen molar-refractivity contribution in [1.29, 1.82) is 0 Å². The van der Waals surface area contributed by atoms with Crippen molar-refractivity contribution in [3.05, 3.63) is 18.7 Å². The predicted octanol–water partition coefficient (Wildman–Crippen LogP) is 1.61. The smallest absolute Gasteiger partial charge is 0.246 e. The molecule has 1 fully saturated rings. The highest BCUT2D eigenvalue weighted by atomic mass is 16.5. The lowest BCUT2D eigenvalue weighted by Gasteiger charge is -2.31. The lowest BCUT2D eigenvalue weighted by Crippen LogP contribution is -2.47. The number of aromatic nitrogens is 2. The van der Waals surface area contributed by atoms with E-state index in [1.807, 2.05) is 10.8 Å². The molecular weight excluding hydrogens is 282 g/mol. The Labute approximate surface area is 132 Å². The van der Waals surface area contributed by atoms with E-state index in [2.05, 4.69) is 31.1 Å². The van der Waals surface area contributed by atoms with Gasteiger partial charge in [-0.05, 0) is 18.3 Å². The summed E-state index contributed by atoms with van der Waals surface area (Å²) in [6, 6.07) is 0.0144. The quantitative estimate of drug-likeness (QED) is 0.831. The maximum absolute atomic E-state index is 12.1. The summed E-state index contributed by atoms with van der Waals surface area (Å²) in [5, 5.41) is 3.07. The van der Waals surface area contributed by atoms with Gasteiger partial charge in [0.05, 0.1) is 25.1 Å². The summed E-state index contributed by atoms with van der Waals surface area (Å²) in [6.07, 6.45) is 7.66. The van der Waals surface area contributed by atoms with E-state index < -0.39 is 0 Å². The van der Waals surface area contributed by atoms with Gasteiger partial charge in [-0.1, -0.05) is 20.8 Å². The highest BCUT2D eigenvalue weighted by molar-refractivity contribution is 5.77. The topological polar surface area (TPSA) is 65.4 Å². The van der Waals surface area contributed by atoms with Crippen LogP contribution in [0.25, 0.3) is 0 Å². The van der Waals surface area contributed by atoms with Crippen LogP contribution in [0, 0.1) is 5.41 Å². The Morgan fingerprint density at radius 3 is 2.95 bits per heavy atom. The third kappa shape index (κ3) is 5.42. The van der Waals surface area contributed by atoms with Crippen molar-refractivity contribution in [2.45, 2.75) is 52.3 Å². The second-order valence-corrected chi connectivity index (χ2v) is 6.90. The van der Waals surface area contributed by atoms with Gasteiger partial charge in [-0.3, -0.25) is 4.79 Å². The van der Waals surface area contributed by atoms with E-state index >= 15 is 0 Å². The van der Waals surface area contributed by atoms with E-state index in [0.717, 1.165) is 19.4 Å². The van der Waals surface area contributed by atoms with E-state index in [1.165, 1.54) is 0 Å². The number of carbonyl (C=O) groups is 1.